The summed E-state index contributed by atoms with van der Waals surface area (Å²) in [6.07, 6.45) is 3.31. The van der Waals surface area contributed by atoms with Gasteiger partial charge in [-0.25, -0.2) is 8.42 Å². The number of nitrogens with zero attached hydrogens (tertiary/aromatic N) is 2. The fourth-order valence-corrected chi connectivity index (χ4v) is 3.26. The van der Waals surface area contributed by atoms with Crippen molar-refractivity contribution in [2.24, 2.45) is 0 Å². The van der Waals surface area contributed by atoms with E-state index >= 15 is 0 Å². The third-order valence-corrected chi connectivity index (χ3v) is 5.44. The lowest BCUT2D eigenvalue weighted by Crippen LogP contribution is -2.44. The van der Waals surface area contributed by atoms with Gasteiger partial charge in [0.05, 0.1) is 11.9 Å². The van der Waals surface area contributed by atoms with Crippen LogP contribution in [0.4, 0.5) is 11.4 Å². The minimum atomic E-state index is -3.28. The van der Waals surface area contributed by atoms with Crippen molar-refractivity contribution in [3.8, 4) is 0 Å². The highest BCUT2D eigenvalue weighted by Crippen LogP contribution is 2.20. The molecule has 1 aromatic carbocycles. The molecule has 0 spiro atoms. The average Bonchev–Trinajstić information content (AvgIpc) is 2.48. The molecule has 8 heteroatoms. The maximum atomic E-state index is 11.6. The van der Waals surface area contributed by atoms with E-state index in [0.29, 0.717) is 16.8 Å². The Bertz CT molecular complexity index is 655. The summed E-state index contributed by atoms with van der Waals surface area (Å²) in [5.74, 6) is 0. The number of benzene rings is 1. The van der Waals surface area contributed by atoms with Crippen molar-refractivity contribution < 1.29 is 8.42 Å². The summed E-state index contributed by atoms with van der Waals surface area (Å²) in [7, 11) is 0.376. The van der Waals surface area contributed by atoms with Gasteiger partial charge >= 0.3 is 0 Å². The lowest BCUT2D eigenvalue weighted by Gasteiger charge is -2.30. The first-order chi connectivity index (χ1) is 10.8. The Labute approximate surface area is 143 Å². The summed E-state index contributed by atoms with van der Waals surface area (Å²) < 4.78 is 24.5. The number of nitrogens with one attached hydrogen (secondary N) is 2. The topological polar surface area (TPSA) is 64.7 Å². The molecule has 1 fully saturated rings. The molecule has 1 aromatic rings. The second-order valence-electron chi connectivity index (χ2n) is 5.96. The number of hydrogen-bond donors (Lipinski definition) is 2. The first-order valence-corrected chi connectivity index (χ1v) is 9.81. The van der Waals surface area contributed by atoms with Crippen molar-refractivity contribution in [1.29, 1.82) is 0 Å². The quantitative estimate of drug-likeness (QED) is 0.797. The van der Waals surface area contributed by atoms with Gasteiger partial charge in [0.15, 0.2) is 5.11 Å². The zero-order chi connectivity index (χ0) is 17.0. The van der Waals surface area contributed by atoms with Crippen molar-refractivity contribution in [2.45, 2.75) is 18.9 Å². The zero-order valence-electron chi connectivity index (χ0n) is 13.7. The SMILES string of the molecule is CN1CCC(NC(=S)Nc2cccc(N(C)S(C)(=O)=O)c2)CC1. The zero-order valence-corrected chi connectivity index (χ0v) is 15.4. The smallest absolute Gasteiger partial charge is 0.231 e. The Morgan fingerprint density at radius 3 is 2.61 bits per heavy atom. The van der Waals surface area contributed by atoms with E-state index in [1.165, 1.54) is 17.6 Å². The van der Waals surface area contributed by atoms with Crippen LogP contribution in [0.2, 0.25) is 0 Å². The lowest BCUT2D eigenvalue weighted by atomic mass is 10.1. The highest BCUT2D eigenvalue weighted by atomic mass is 32.2. The summed E-state index contributed by atoms with van der Waals surface area (Å²) >= 11 is 5.36. The Morgan fingerprint density at radius 1 is 1.35 bits per heavy atom. The summed E-state index contributed by atoms with van der Waals surface area (Å²) in [4.78, 5) is 2.30. The minimum absolute atomic E-state index is 0.382. The van der Waals surface area contributed by atoms with Crippen molar-refractivity contribution in [3.05, 3.63) is 24.3 Å². The van der Waals surface area contributed by atoms with E-state index in [-0.39, 0.29) is 0 Å². The minimum Gasteiger partial charge on any atom is -0.360 e. The second kappa shape index (κ2) is 7.46. The number of rotatable bonds is 4. The molecule has 2 N–H and O–H groups in total. The number of likely N-dealkylation sites (tertiary alicyclic amines) is 1. The van der Waals surface area contributed by atoms with Crippen LogP contribution in [0.1, 0.15) is 12.8 Å². The van der Waals surface area contributed by atoms with Gasteiger partial charge in [0.25, 0.3) is 0 Å². The molecule has 6 nitrogen and oxygen atoms in total. The molecule has 0 unspecified atom stereocenters. The summed E-state index contributed by atoms with van der Waals surface area (Å²) in [6, 6.07) is 7.57. The van der Waals surface area contributed by atoms with Crippen LogP contribution in [-0.4, -0.2) is 57.9 Å². The molecule has 128 valence electrons. The molecule has 0 aromatic heterocycles. The Morgan fingerprint density at radius 2 is 2.00 bits per heavy atom. The molecule has 0 aliphatic carbocycles. The van der Waals surface area contributed by atoms with Crippen molar-refractivity contribution >= 4 is 38.7 Å². The van der Waals surface area contributed by atoms with Crippen LogP contribution in [0.25, 0.3) is 0 Å². The number of thiocarbonyl (C=S) groups is 1. The van der Waals surface area contributed by atoms with Crippen LogP contribution in [0.15, 0.2) is 24.3 Å². The van der Waals surface area contributed by atoms with Gasteiger partial charge in [-0.1, -0.05) is 6.07 Å². The van der Waals surface area contributed by atoms with Gasteiger partial charge in [0.1, 0.15) is 0 Å². The highest BCUT2D eigenvalue weighted by molar-refractivity contribution is 7.92. The molecule has 23 heavy (non-hydrogen) atoms. The Hall–Kier alpha value is -1.38. The van der Waals surface area contributed by atoms with Gasteiger partial charge in [-0.3, -0.25) is 4.31 Å². The normalized spacial score (nSPS) is 16.8. The fraction of sp³-hybridized carbons (Fsp3) is 0.533. The molecular weight excluding hydrogens is 332 g/mol. The van der Waals surface area contributed by atoms with Crippen LogP contribution in [0, 0.1) is 0 Å². The molecule has 0 radical (unpaired) electrons. The molecule has 0 saturated carbocycles. The van der Waals surface area contributed by atoms with E-state index < -0.39 is 10.0 Å². The van der Waals surface area contributed by atoms with Gasteiger partial charge in [0.2, 0.25) is 10.0 Å². The molecule has 1 aliphatic heterocycles. The number of piperidine rings is 1. The molecular formula is C15H24N4O2S2. The highest BCUT2D eigenvalue weighted by Gasteiger charge is 2.17. The van der Waals surface area contributed by atoms with Crippen LogP contribution in [0.3, 0.4) is 0 Å². The summed E-state index contributed by atoms with van der Waals surface area (Å²) in [5.41, 5.74) is 1.36. The third-order valence-electron chi connectivity index (χ3n) is 4.02. The predicted molar refractivity (Wildman–Crippen MR) is 99.6 cm³/mol. The van der Waals surface area contributed by atoms with E-state index in [4.69, 9.17) is 12.2 Å². The molecule has 1 saturated heterocycles. The van der Waals surface area contributed by atoms with E-state index in [1.54, 1.807) is 18.2 Å². The second-order valence-corrected chi connectivity index (χ2v) is 8.38. The van der Waals surface area contributed by atoms with Crippen molar-refractivity contribution in [2.75, 3.05) is 43.1 Å². The Kier molecular flexibility index (Phi) is 5.83. The number of hydrogen-bond acceptors (Lipinski definition) is 4. The molecule has 0 bridgehead atoms. The lowest BCUT2D eigenvalue weighted by molar-refractivity contribution is 0.247. The van der Waals surface area contributed by atoms with E-state index in [1.807, 2.05) is 6.07 Å². The van der Waals surface area contributed by atoms with Crippen LogP contribution in [0.5, 0.6) is 0 Å². The first kappa shape index (κ1) is 18.0. The van der Waals surface area contributed by atoms with Crippen molar-refractivity contribution in [1.82, 2.24) is 10.2 Å². The van der Waals surface area contributed by atoms with Crippen LogP contribution in [-0.2, 0) is 10.0 Å². The Balaban J connectivity index is 1.96. The standard InChI is InChI=1S/C15H24N4O2S2/c1-18-9-7-12(8-10-18)16-15(22)17-13-5-4-6-14(11-13)19(2)23(3,20)21/h4-6,11-12H,7-10H2,1-3H3,(H2,16,17,22). The molecule has 0 atom stereocenters. The third kappa shape index (κ3) is 5.33. The monoisotopic (exact) mass is 356 g/mol. The van der Waals surface area contributed by atoms with Gasteiger partial charge in [0, 0.05) is 18.8 Å². The van der Waals surface area contributed by atoms with Gasteiger partial charge in [-0.2, -0.15) is 0 Å². The van der Waals surface area contributed by atoms with Crippen molar-refractivity contribution in [3.63, 3.8) is 0 Å². The molecule has 2 rings (SSSR count). The first-order valence-electron chi connectivity index (χ1n) is 7.56. The largest absolute Gasteiger partial charge is 0.360 e. The molecule has 1 aliphatic rings. The van der Waals surface area contributed by atoms with Gasteiger partial charge in [-0.05, 0) is 63.4 Å². The molecule has 1 heterocycles. The van der Waals surface area contributed by atoms with Crippen LogP contribution >= 0.6 is 12.2 Å². The predicted octanol–water partition coefficient (Wildman–Crippen LogP) is 1.46. The number of sulfonamides is 1. The van der Waals surface area contributed by atoms with Gasteiger partial charge in [-0.15, -0.1) is 0 Å². The summed E-state index contributed by atoms with van der Waals surface area (Å²) in [6.45, 7) is 2.13. The van der Waals surface area contributed by atoms with Gasteiger partial charge < -0.3 is 15.5 Å². The van der Waals surface area contributed by atoms with Crippen LogP contribution < -0.4 is 14.9 Å². The van der Waals surface area contributed by atoms with E-state index in [9.17, 15) is 8.42 Å². The van der Waals surface area contributed by atoms with E-state index in [0.717, 1.165) is 31.6 Å². The molecule has 0 amide bonds. The van der Waals surface area contributed by atoms with E-state index in [2.05, 4.69) is 22.6 Å². The average molecular weight is 357 g/mol. The fourth-order valence-electron chi connectivity index (χ4n) is 2.48. The number of anilines is 2. The summed E-state index contributed by atoms with van der Waals surface area (Å²) in [5, 5.41) is 7.03. The maximum absolute atomic E-state index is 11.6. The maximum Gasteiger partial charge on any atom is 0.231 e.